The van der Waals surface area contributed by atoms with Gasteiger partial charge in [0.05, 0.1) is 5.92 Å². The zero-order chi connectivity index (χ0) is 17.4. The summed E-state index contributed by atoms with van der Waals surface area (Å²) in [6, 6.07) is 7.78. The minimum absolute atomic E-state index is 0.124. The Kier molecular flexibility index (Phi) is 4.59. The second kappa shape index (κ2) is 6.87. The van der Waals surface area contributed by atoms with Crippen LogP contribution in [0.15, 0.2) is 24.3 Å². The van der Waals surface area contributed by atoms with E-state index >= 15 is 0 Å². The Morgan fingerprint density at radius 2 is 1.76 bits per heavy atom. The third-order valence-electron chi connectivity index (χ3n) is 5.37. The van der Waals surface area contributed by atoms with Crippen molar-refractivity contribution in [2.24, 2.45) is 5.92 Å². The summed E-state index contributed by atoms with van der Waals surface area (Å²) >= 11 is 5.89. The molecule has 2 aliphatic heterocycles. The summed E-state index contributed by atoms with van der Waals surface area (Å²) < 4.78 is 5.98. The van der Waals surface area contributed by atoms with Crippen molar-refractivity contribution in [2.45, 2.75) is 44.2 Å². The molecule has 1 saturated carbocycles. The lowest BCUT2D eigenvalue weighted by Crippen LogP contribution is -2.45. The largest absolute Gasteiger partial charge is 0.490 e. The number of piperidine rings is 1. The minimum Gasteiger partial charge on any atom is -0.490 e. The predicted octanol–water partition coefficient (Wildman–Crippen LogP) is 2.72. The second-order valence-electron chi connectivity index (χ2n) is 7.27. The lowest BCUT2D eigenvalue weighted by molar-refractivity contribution is -0.137. The normalized spacial score (nSPS) is 24.7. The van der Waals surface area contributed by atoms with E-state index in [1.165, 1.54) is 0 Å². The van der Waals surface area contributed by atoms with Crippen LogP contribution in [0.25, 0.3) is 0 Å². The number of amides is 2. The summed E-state index contributed by atoms with van der Waals surface area (Å²) in [5.74, 6) is 0.959. The molecule has 1 aliphatic carbocycles. The lowest BCUT2D eigenvalue weighted by atomic mass is 10.0. The molecule has 1 unspecified atom stereocenters. The molecule has 6 heteroatoms. The van der Waals surface area contributed by atoms with Gasteiger partial charge in [0.1, 0.15) is 11.9 Å². The molecule has 0 N–H and O–H groups in total. The van der Waals surface area contributed by atoms with Crippen LogP contribution in [-0.2, 0) is 9.59 Å². The fourth-order valence-electron chi connectivity index (χ4n) is 3.79. The molecule has 5 nitrogen and oxygen atoms in total. The van der Waals surface area contributed by atoms with Crippen molar-refractivity contribution in [3.63, 3.8) is 0 Å². The van der Waals surface area contributed by atoms with Crippen molar-refractivity contribution in [3.8, 4) is 5.75 Å². The van der Waals surface area contributed by atoms with Crippen LogP contribution in [0.2, 0.25) is 5.02 Å². The van der Waals surface area contributed by atoms with E-state index in [2.05, 4.69) is 0 Å². The zero-order valence-electron chi connectivity index (χ0n) is 14.2. The van der Waals surface area contributed by atoms with Gasteiger partial charge < -0.3 is 14.5 Å². The molecule has 134 valence electrons. The fraction of sp³-hybridized carbons (Fsp3) is 0.579. The predicted molar refractivity (Wildman–Crippen MR) is 94.5 cm³/mol. The number of hydrogen-bond acceptors (Lipinski definition) is 3. The first-order valence-electron chi connectivity index (χ1n) is 9.10. The molecule has 3 fully saturated rings. The molecule has 4 rings (SSSR count). The Hall–Kier alpha value is -1.75. The first kappa shape index (κ1) is 16.7. The molecule has 0 radical (unpaired) electrons. The highest BCUT2D eigenvalue weighted by molar-refractivity contribution is 6.30. The van der Waals surface area contributed by atoms with E-state index in [1.807, 2.05) is 34.1 Å². The minimum atomic E-state index is -0.151. The van der Waals surface area contributed by atoms with Crippen LogP contribution in [-0.4, -0.2) is 53.4 Å². The number of benzene rings is 1. The first-order valence-corrected chi connectivity index (χ1v) is 9.48. The van der Waals surface area contributed by atoms with Crippen LogP contribution in [0.1, 0.15) is 32.1 Å². The van der Waals surface area contributed by atoms with E-state index in [0.29, 0.717) is 37.1 Å². The van der Waals surface area contributed by atoms with Gasteiger partial charge in [0.25, 0.3) is 0 Å². The topological polar surface area (TPSA) is 49.9 Å². The van der Waals surface area contributed by atoms with Gasteiger partial charge in [-0.05, 0) is 37.1 Å². The van der Waals surface area contributed by atoms with Crippen molar-refractivity contribution in [1.29, 1.82) is 0 Å². The highest BCUT2D eigenvalue weighted by atomic mass is 35.5. The SMILES string of the molecule is O=C(C1CC(=O)N(C2CC2)C1)N1CCC(Oc2ccc(Cl)cc2)CC1. The third kappa shape index (κ3) is 3.76. The van der Waals surface area contributed by atoms with E-state index in [0.717, 1.165) is 31.4 Å². The summed E-state index contributed by atoms with van der Waals surface area (Å²) in [6.45, 7) is 2.01. The van der Waals surface area contributed by atoms with Crippen molar-refractivity contribution >= 4 is 23.4 Å². The van der Waals surface area contributed by atoms with Crippen molar-refractivity contribution < 1.29 is 14.3 Å². The summed E-state index contributed by atoms with van der Waals surface area (Å²) in [5, 5.41) is 0.694. The van der Waals surface area contributed by atoms with Gasteiger partial charge in [0, 0.05) is 50.0 Å². The van der Waals surface area contributed by atoms with Crippen LogP contribution in [0.4, 0.5) is 0 Å². The van der Waals surface area contributed by atoms with Crippen molar-refractivity contribution in [2.75, 3.05) is 19.6 Å². The summed E-state index contributed by atoms with van der Waals surface area (Å²) in [4.78, 5) is 28.6. The van der Waals surface area contributed by atoms with Gasteiger partial charge in [-0.25, -0.2) is 0 Å². The Labute approximate surface area is 152 Å². The number of hydrogen-bond donors (Lipinski definition) is 0. The Balaban J connectivity index is 1.27. The molecule has 1 aromatic rings. The molecule has 2 saturated heterocycles. The summed E-state index contributed by atoms with van der Waals surface area (Å²) in [7, 11) is 0. The lowest BCUT2D eigenvalue weighted by Gasteiger charge is -2.33. The molecular weight excluding hydrogens is 340 g/mol. The average molecular weight is 363 g/mol. The number of nitrogens with zero attached hydrogens (tertiary/aromatic N) is 2. The van der Waals surface area contributed by atoms with Gasteiger partial charge in [-0.1, -0.05) is 11.6 Å². The standard InChI is InChI=1S/C19H23ClN2O3/c20-14-1-5-16(6-2-14)25-17-7-9-21(10-8-17)19(24)13-11-18(23)22(12-13)15-3-4-15/h1-2,5-6,13,15,17H,3-4,7-12H2. The molecule has 3 aliphatic rings. The molecule has 1 aromatic carbocycles. The van der Waals surface area contributed by atoms with Crippen molar-refractivity contribution in [1.82, 2.24) is 9.80 Å². The van der Waals surface area contributed by atoms with Gasteiger partial charge in [0.15, 0.2) is 0 Å². The first-order chi connectivity index (χ1) is 12.1. The Morgan fingerprint density at radius 1 is 1.08 bits per heavy atom. The third-order valence-corrected chi connectivity index (χ3v) is 5.62. The van der Waals surface area contributed by atoms with E-state index < -0.39 is 0 Å². The maximum Gasteiger partial charge on any atom is 0.227 e. The average Bonchev–Trinajstić information content (AvgIpc) is 3.39. The van der Waals surface area contributed by atoms with Crippen LogP contribution >= 0.6 is 11.6 Å². The smallest absolute Gasteiger partial charge is 0.227 e. The fourth-order valence-corrected chi connectivity index (χ4v) is 3.92. The maximum absolute atomic E-state index is 12.7. The number of rotatable bonds is 4. The molecular formula is C19H23ClN2O3. The molecule has 2 amide bonds. The Morgan fingerprint density at radius 3 is 2.40 bits per heavy atom. The Bertz CT molecular complexity index is 651. The van der Waals surface area contributed by atoms with E-state index in [-0.39, 0.29) is 23.8 Å². The molecule has 2 heterocycles. The molecule has 0 aromatic heterocycles. The van der Waals surface area contributed by atoms with E-state index in [4.69, 9.17) is 16.3 Å². The van der Waals surface area contributed by atoms with E-state index in [1.54, 1.807) is 0 Å². The van der Waals surface area contributed by atoms with E-state index in [9.17, 15) is 9.59 Å². The van der Waals surface area contributed by atoms with Gasteiger partial charge in [-0.2, -0.15) is 0 Å². The number of carbonyl (C=O) groups is 2. The summed E-state index contributed by atoms with van der Waals surface area (Å²) in [6.07, 6.45) is 4.35. The molecule has 0 bridgehead atoms. The number of carbonyl (C=O) groups excluding carboxylic acids is 2. The second-order valence-corrected chi connectivity index (χ2v) is 7.71. The number of halogens is 1. The molecule has 0 spiro atoms. The molecule has 1 atom stereocenters. The highest BCUT2D eigenvalue weighted by Gasteiger charge is 2.43. The van der Waals surface area contributed by atoms with Crippen LogP contribution < -0.4 is 4.74 Å². The number of likely N-dealkylation sites (tertiary alicyclic amines) is 2. The van der Waals surface area contributed by atoms with Crippen LogP contribution in [0.3, 0.4) is 0 Å². The van der Waals surface area contributed by atoms with Crippen LogP contribution in [0, 0.1) is 5.92 Å². The van der Waals surface area contributed by atoms with Crippen LogP contribution in [0.5, 0.6) is 5.75 Å². The van der Waals surface area contributed by atoms with Gasteiger partial charge >= 0.3 is 0 Å². The monoisotopic (exact) mass is 362 g/mol. The maximum atomic E-state index is 12.7. The number of ether oxygens (including phenoxy) is 1. The summed E-state index contributed by atoms with van der Waals surface area (Å²) in [5.41, 5.74) is 0. The van der Waals surface area contributed by atoms with Gasteiger partial charge in [-0.15, -0.1) is 0 Å². The molecule has 25 heavy (non-hydrogen) atoms. The van der Waals surface area contributed by atoms with Crippen molar-refractivity contribution in [3.05, 3.63) is 29.3 Å². The van der Waals surface area contributed by atoms with Gasteiger partial charge in [-0.3, -0.25) is 9.59 Å². The highest BCUT2D eigenvalue weighted by Crippen LogP contribution is 2.33. The van der Waals surface area contributed by atoms with Gasteiger partial charge in [0.2, 0.25) is 11.8 Å². The quantitative estimate of drug-likeness (QED) is 0.827. The zero-order valence-corrected chi connectivity index (χ0v) is 15.0.